The Morgan fingerprint density at radius 3 is 1.52 bits per heavy atom. The molecule has 1 aliphatic carbocycles. The number of allylic oxidation sites excluding steroid dienone is 4. The van der Waals surface area contributed by atoms with Gasteiger partial charge in [-0.3, -0.25) is 0 Å². The van der Waals surface area contributed by atoms with Crippen molar-refractivity contribution in [1.29, 1.82) is 0 Å². The van der Waals surface area contributed by atoms with E-state index in [1.807, 2.05) is 12.1 Å². The molecule has 0 aliphatic heterocycles. The van der Waals surface area contributed by atoms with E-state index in [1.165, 1.54) is 32.3 Å². The van der Waals surface area contributed by atoms with E-state index in [4.69, 9.17) is 0 Å². The maximum Gasteiger partial charge on any atom is 0.161 e. The maximum absolute atomic E-state index is 13.9. The first-order valence-electron chi connectivity index (χ1n) is 10.2. The average Bonchev–Trinajstić information content (AvgIpc) is 2.95. The highest BCUT2D eigenvalue weighted by atomic mass is 28.3. The van der Waals surface area contributed by atoms with Crippen molar-refractivity contribution in [3.63, 3.8) is 0 Å². The van der Waals surface area contributed by atoms with Crippen molar-refractivity contribution in [2.75, 3.05) is 0 Å². The minimum atomic E-state index is -2.59. The lowest BCUT2D eigenvalue weighted by molar-refractivity contribution is 0.628. The van der Waals surface area contributed by atoms with E-state index < -0.39 is 8.07 Å². The van der Waals surface area contributed by atoms with Gasteiger partial charge in [0.25, 0.3) is 0 Å². The molecule has 0 bridgehead atoms. The molecule has 1 unspecified atom stereocenters. The largest absolute Gasteiger partial charge is 0.207 e. The molecule has 0 amide bonds. The highest BCUT2D eigenvalue weighted by Crippen LogP contribution is 2.52. The molecule has 4 rings (SSSR count). The van der Waals surface area contributed by atoms with Gasteiger partial charge in [0.1, 0.15) is 5.82 Å². The van der Waals surface area contributed by atoms with Gasteiger partial charge in [-0.2, -0.15) is 0 Å². The summed E-state index contributed by atoms with van der Waals surface area (Å²) in [5, 5.41) is 3.77. The van der Waals surface area contributed by atoms with Crippen molar-refractivity contribution < 1.29 is 4.39 Å². The molecule has 1 aliphatic rings. The fraction of sp³-hybridized carbons (Fsp3) is 0.185. The molecule has 0 saturated carbocycles. The lowest BCUT2D eigenvalue weighted by Crippen LogP contribution is -2.73. The molecule has 2 heteroatoms. The second-order valence-corrected chi connectivity index (χ2v) is 12.5. The Hall–Kier alpha value is -2.71. The molecule has 0 radical (unpaired) electrons. The number of hydrogen-bond donors (Lipinski definition) is 0. The van der Waals surface area contributed by atoms with Crippen molar-refractivity contribution in [2.45, 2.75) is 32.7 Å². The van der Waals surface area contributed by atoms with E-state index in [0.717, 1.165) is 0 Å². The minimum Gasteiger partial charge on any atom is -0.207 e. The third kappa shape index (κ3) is 2.86. The van der Waals surface area contributed by atoms with Gasteiger partial charge < -0.3 is 0 Å². The van der Waals surface area contributed by atoms with Crippen molar-refractivity contribution in [1.82, 2.24) is 0 Å². The summed E-state index contributed by atoms with van der Waals surface area (Å²) < 4.78 is 13.9. The number of halogens is 1. The number of hydrogen-bond acceptors (Lipinski definition) is 0. The molecular formula is C27H27FSi. The van der Waals surface area contributed by atoms with Gasteiger partial charge >= 0.3 is 0 Å². The summed E-state index contributed by atoms with van der Waals surface area (Å²) in [4.78, 5) is 0. The zero-order chi connectivity index (χ0) is 20.6. The quantitative estimate of drug-likeness (QED) is 0.410. The summed E-state index contributed by atoms with van der Waals surface area (Å²) in [5.41, 5.74) is 4.13. The molecule has 1 atom stereocenters. The van der Waals surface area contributed by atoms with Crippen LogP contribution < -0.4 is 15.6 Å². The number of benzene rings is 3. The molecule has 0 fully saturated rings. The van der Waals surface area contributed by atoms with Crippen LogP contribution in [0.25, 0.3) is 0 Å². The molecule has 0 saturated heterocycles. The van der Waals surface area contributed by atoms with E-state index in [2.05, 4.69) is 94.4 Å². The standard InChI is InChI=1S/C27H27FSi/c1-20-19-27(4,22(3)21(20)2)29(24-11-7-5-8-12-24,25-13-9-6-10-14-25)26-17-15-23(28)16-18-26/h5-19H,1-4H3. The fourth-order valence-corrected chi connectivity index (χ4v) is 11.2. The Kier molecular flexibility index (Phi) is 4.91. The third-order valence-electron chi connectivity index (χ3n) is 6.91. The monoisotopic (exact) mass is 398 g/mol. The van der Waals surface area contributed by atoms with Crippen LogP contribution in [0.1, 0.15) is 27.7 Å². The second kappa shape index (κ2) is 7.27. The minimum absolute atomic E-state index is 0.151. The Bertz CT molecular complexity index is 1040. The van der Waals surface area contributed by atoms with Gasteiger partial charge in [0.2, 0.25) is 0 Å². The average molecular weight is 399 g/mol. The highest BCUT2D eigenvalue weighted by molar-refractivity contribution is 7.14. The summed E-state index contributed by atoms with van der Waals surface area (Å²) >= 11 is 0. The van der Waals surface area contributed by atoms with Crippen LogP contribution in [0.3, 0.4) is 0 Å². The second-order valence-electron chi connectivity index (χ2n) is 8.27. The SMILES string of the molecule is CC1=CC(C)([Si](c2ccccc2)(c2ccccc2)c2ccc(F)cc2)C(C)=C1C. The zero-order valence-electron chi connectivity index (χ0n) is 17.5. The normalized spacial score (nSPS) is 19.4. The summed E-state index contributed by atoms with van der Waals surface area (Å²) in [6.45, 7) is 9.10. The Morgan fingerprint density at radius 1 is 0.655 bits per heavy atom. The van der Waals surface area contributed by atoms with Crippen LogP contribution in [0.2, 0.25) is 5.04 Å². The van der Waals surface area contributed by atoms with Gasteiger partial charge in [0.15, 0.2) is 8.07 Å². The van der Waals surface area contributed by atoms with E-state index in [1.54, 1.807) is 12.1 Å². The van der Waals surface area contributed by atoms with Crippen molar-refractivity contribution in [2.24, 2.45) is 0 Å². The van der Waals surface area contributed by atoms with Gasteiger partial charge in [-0.25, -0.2) is 4.39 Å². The predicted molar refractivity (Wildman–Crippen MR) is 124 cm³/mol. The van der Waals surface area contributed by atoms with Crippen LogP contribution in [-0.4, -0.2) is 8.07 Å². The summed E-state index contributed by atoms with van der Waals surface area (Å²) in [6, 6.07) is 29.0. The predicted octanol–water partition coefficient (Wildman–Crippen LogP) is 5.35. The van der Waals surface area contributed by atoms with E-state index in [9.17, 15) is 4.39 Å². The van der Waals surface area contributed by atoms with Gasteiger partial charge in [0, 0.05) is 5.04 Å². The summed E-state index contributed by atoms with van der Waals surface area (Å²) in [5.74, 6) is -0.190. The van der Waals surface area contributed by atoms with E-state index in [-0.39, 0.29) is 10.9 Å². The molecular weight excluding hydrogens is 371 g/mol. The molecule has 3 aromatic carbocycles. The molecule has 0 aromatic heterocycles. The van der Waals surface area contributed by atoms with Gasteiger partial charge in [-0.15, -0.1) is 0 Å². The number of rotatable bonds is 4. The third-order valence-corrected chi connectivity index (χ3v) is 12.6. The molecule has 146 valence electrons. The van der Waals surface area contributed by atoms with Gasteiger partial charge in [-0.1, -0.05) is 96.9 Å². The van der Waals surface area contributed by atoms with Crippen LogP contribution in [0.5, 0.6) is 0 Å². The van der Waals surface area contributed by atoms with Crippen molar-refractivity contribution >= 4 is 23.6 Å². The van der Waals surface area contributed by atoms with Gasteiger partial charge in [0.05, 0.1) is 0 Å². The fourth-order valence-electron chi connectivity index (χ4n) is 5.20. The topological polar surface area (TPSA) is 0 Å². The van der Waals surface area contributed by atoms with Crippen LogP contribution in [0.4, 0.5) is 4.39 Å². The first-order valence-corrected chi connectivity index (χ1v) is 12.2. The van der Waals surface area contributed by atoms with E-state index >= 15 is 0 Å². The summed E-state index contributed by atoms with van der Waals surface area (Å²) in [6.07, 6.45) is 2.47. The zero-order valence-corrected chi connectivity index (χ0v) is 18.5. The van der Waals surface area contributed by atoms with Crippen LogP contribution in [0, 0.1) is 5.82 Å². The van der Waals surface area contributed by atoms with Crippen LogP contribution in [-0.2, 0) is 0 Å². The molecule has 29 heavy (non-hydrogen) atoms. The van der Waals surface area contributed by atoms with Crippen molar-refractivity contribution in [3.05, 3.63) is 114 Å². The first-order chi connectivity index (χ1) is 13.9. The first kappa shape index (κ1) is 19.6. The van der Waals surface area contributed by atoms with Crippen molar-refractivity contribution in [3.8, 4) is 0 Å². The molecule has 0 nitrogen and oxygen atoms in total. The molecule has 0 heterocycles. The maximum atomic E-state index is 13.9. The highest BCUT2D eigenvalue weighted by Gasteiger charge is 2.55. The van der Waals surface area contributed by atoms with E-state index in [0.29, 0.717) is 0 Å². The smallest absolute Gasteiger partial charge is 0.161 e. The Labute approximate surface area is 174 Å². The summed E-state index contributed by atoms with van der Waals surface area (Å²) in [7, 11) is -2.59. The molecule has 0 spiro atoms. The van der Waals surface area contributed by atoms with Crippen LogP contribution in [0.15, 0.2) is 108 Å². The van der Waals surface area contributed by atoms with Crippen LogP contribution >= 0.6 is 0 Å². The molecule has 0 N–H and O–H groups in total. The molecule has 3 aromatic rings. The lowest BCUT2D eigenvalue weighted by atomic mass is 10.0. The Balaban J connectivity index is 2.18. The lowest BCUT2D eigenvalue weighted by Gasteiger charge is -2.47. The Morgan fingerprint density at radius 2 is 1.10 bits per heavy atom. The van der Waals surface area contributed by atoms with Gasteiger partial charge in [-0.05, 0) is 54.0 Å².